The van der Waals surface area contributed by atoms with Crippen LogP contribution in [0.25, 0.3) is 0 Å². The minimum absolute atomic E-state index is 0.0459. The second-order valence-electron chi connectivity index (χ2n) is 6.58. The fourth-order valence-electron chi connectivity index (χ4n) is 2.45. The van der Waals surface area contributed by atoms with E-state index in [1.54, 1.807) is 0 Å². The van der Waals surface area contributed by atoms with Crippen molar-refractivity contribution in [2.75, 3.05) is 0 Å². The van der Waals surface area contributed by atoms with Crippen LogP contribution in [0.5, 0.6) is 0 Å². The highest BCUT2D eigenvalue weighted by molar-refractivity contribution is 5.94. The van der Waals surface area contributed by atoms with E-state index >= 15 is 0 Å². The van der Waals surface area contributed by atoms with Crippen LogP contribution in [0, 0.1) is 5.41 Å². The van der Waals surface area contributed by atoms with Crippen molar-refractivity contribution in [1.82, 2.24) is 5.32 Å². The summed E-state index contributed by atoms with van der Waals surface area (Å²) in [5, 5.41) is 3.16. The van der Waals surface area contributed by atoms with E-state index in [9.17, 15) is 4.79 Å². The molecule has 1 atom stereocenters. The van der Waals surface area contributed by atoms with E-state index in [1.165, 1.54) is 0 Å². The monoisotopic (exact) mass is 296 g/mol. The molecule has 0 saturated heterocycles. The molecule has 22 heavy (non-hydrogen) atoms. The van der Waals surface area contributed by atoms with Crippen molar-refractivity contribution < 1.29 is 4.79 Å². The van der Waals surface area contributed by atoms with E-state index in [1.807, 2.05) is 54.6 Å². The molecule has 0 fully saturated rings. The Labute approximate surface area is 132 Å². The minimum Gasteiger partial charge on any atom is -0.345 e. The highest BCUT2D eigenvalue weighted by Crippen LogP contribution is 2.32. The molecule has 0 bridgehead atoms. The Morgan fingerprint density at radius 1 is 1.05 bits per heavy atom. The number of nitrogens with two attached hydrogens (primary N) is 1. The Hall–Kier alpha value is -2.13. The molecule has 2 rings (SSSR count). The van der Waals surface area contributed by atoms with E-state index in [0.717, 1.165) is 11.1 Å². The molecule has 1 unspecified atom stereocenters. The van der Waals surface area contributed by atoms with Gasteiger partial charge in [0.25, 0.3) is 5.91 Å². The van der Waals surface area contributed by atoms with Gasteiger partial charge in [-0.3, -0.25) is 4.79 Å². The van der Waals surface area contributed by atoms with Crippen LogP contribution >= 0.6 is 0 Å². The fourth-order valence-corrected chi connectivity index (χ4v) is 2.45. The molecule has 0 aliphatic carbocycles. The first-order valence-electron chi connectivity index (χ1n) is 7.56. The largest absolute Gasteiger partial charge is 0.345 e. The van der Waals surface area contributed by atoms with Gasteiger partial charge < -0.3 is 11.1 Å². The fraction of sp³-hybridized carbons (Fsp3) is 0.316. The summed E-state index contributed by atoms with van der Waals surface area (Å²) in [5.74, 6) is -0.0626. The van der Waals surface area contributed by atoms with Gasteiger partial charge >= 0.3 is 0 Å². The summed E-state index contributed by atoms with van der Waals surface area (Å²) in [7, 11) is 0. The molecule has 1 amide bonds. The number of amides is 1. The molecule has 0 saturated carbocycles. The van der Waals surface area contributed by atoms with Gasteiger partial charge in [-0.05, 0) is 28.7 Å². The highest BCUT2D eigenvalue weighted by Gasteiger charge is 2.27. The number of carbonyl (C=O) groups excluding carboxylic acids is 1. The molecule has 3 nitrogen and oxygen atoms in total. The number of rotatable bonds is 4. The number of hydrogen-bond donors (Lipinski definition) is 2. The normalized spacial score (nSPS) is 12.7. The quantitative estimate of drug-likeness (QED) is 0.904. The highest BCUT2D eigenvalue weighted by atomic mass is 16.1. The van der Waals surface area contributed by atoms with Gasteiger partial charge in [0, 0.05) is 12.1 Å². The molecule has 116 valence electrons. The van der Waals surface area contributed by atoms with Crippen molar-refractivity contribution in [3.8, 4) is 0 Å². The number of nitrogens with one attached hydrogen (secondary N) is 1. The summed E-state index contributed by atoms with van der Waals surface area (Å²) in [6.45, 7) is 6.87. The smallest absolute Gasteiger partial charge is 0.251 e. The van der Waals surface area contributed by atoms with Crippen LogP contribution in [0.15, 0.2) is 54.6 Å². The summed E-state index contributed by atoms with van der Waals surface area (Å²) >= 11 is 0. The molecule has 2 aromatic rings. The van der Waals surface area contributed by atoms with Gasteiger partial charge in [-0.2, -0.15) is 0 Å². The van der Waals surface area contributed by atoms with E-state index in [-0.39, 0.29) is 17.4 Å². The van der Waals surface area contributed by atoms with E-state index < -0.39 is 0 Å². The van der Waals surface area contributed by atoms with Gasteiger partial charge in [0.2, 0.25) is 0 Å². The van der Waals surface area contributed by atoms with Crippen molar-refractivity contribution in [3.63, 3.8) is 0 Å². The van der Waals surface area contributed by atoms with Crippen LogP contribution in [0.3, 0.4) is 0 Å². The Morgan fingerprint density at radius 3 is 2.14 bits per heavy atom. The first-order valence-corrected chi connectivity index (χ1v) is 7.56. The molecule has 2 aromatic carbocycles. The third kappa shape index (κ3) is 3.95. The number of benzene rings is 2. The lowest BCUT2D eigenvalue weighted by atomic mass is 9.82. The Morgan fingerprint density at radius 2 is 1.64 bits per heavy atom. The molecule has 0 aliphatic rings. The second-order valence-corrected chi connectivity index (χ2v) is 6.58. The zero-order valence-electron chi connectivity index (χ0n) is 13.5. The standard InChI is InChI=1S/C19H24N2O/c1-19(2,3)17(15-7-5-4-6-8-15)21-18(22)16-11-9-14(13-20)10-12-16/h4-12,17H,13,20H2,1-3H3,(H,21,22). The number of hydrogen-bond acceptors (Lipinski definition) is 2. The maximum atomic E-state index is 12.5. The third-order valence-electron chi connectivity index (χ3n) is 3.73. The van der Waals surface area contributed by atoms with Crippen LogP contribution in [0.1, 0.15) is 48.3 Å². The van der Waals surface area contributed by atoms with Crippen molar-refractivity contribution in [2.45, 2.75) is 33.4 Å². The topological polar surface area (TPSA) is 55.1 Å². The lowest BCUT2D eigenvalue weighted by Gasteiger charge is -2.32. The summed E-state index contributed by atoms with van der Waals surface area (Å²) in [6, 6.07) is 17.5. The van der Waals surface area contributed by atoms with Gasteiger partial charge in [0.15, 0.2) is 0 Å². The van der Waals surface area contributed by atoms with E-state index in [4.69, 9.17) is 5.73 Å². The lowest BCUT2D eigenvalue weighted by molar-refractivity contribution is 0.0901. The van der Waals surface area contributed by atoms with Crippen molar-refractivity contribution in [2.24, 2.45) is 11.1 Å². The molecule has 0 aliphatic heterocycles. The molecule has 3 heteroatoms. The molecule has 0 aromatic heterocycles. The average molecular weight is 296 g/mol. The van der Waals surface area contributed by atoms with Crippen molar-refractivity contribution in [1.29, 1.82) is 0 Å². The summed E-state index contributed by atoms with van der Waals surface area (Å²) < 4.78 is 0. The number of carbonyl (C=O) groups is 1. The lowest BCUT2D eigenvalue weighted by Crippen LogP contribution is -2.36. The molecule has 3 N–H and O–H groups in total. The molecular formula is C19H24N2O. The van der Waals surface area contributed by atoms with Gasteiger partial charge in [-0.25, -0.2) is 0 Å². The third-order valence-corrected chi connectivity index (χ3v) is 3.73. The first kappa shape index (κ1) is 16.2. The SMILES string of the molecule is CC(C)(C)C(NC(=O)c1ccc(CN)cc1)c1ccccc1. The summed E-state index contributed by atoms with van der Waals surface area (Å²) in [4.78, 5) is 12.5. The average Bonchev–Trinajstić information content (AvgIpc) is 2.52. The van der Waals surface area contributed by atoms with Gasteiger partial charge in [-0.15, -0.1) is 0 Å². The van der Waals surface area contributed by atoms with Crippen molar-refractivity contribution in [3.05, 3.63) is 71.3 Å². The van der Waals surface area contributed by atoms with Crippen LogP contribution in [0.2, 0.25) is 0 Å². The van der Waals surface area contributed by atoms with Crippen LogP contribution < -0.4 is 11.1 Å². The molecule has 0 spiro atoms. The molecule has 0 radical (unpaired) electrons. The van der Waals surface area contributed by atoms with Gasteiger partial charge in [0.1, 0.15) is 0 Å². The Balaban J connectivity index is 2.21. The second kappa shape index (κ2) is 6.75. The summed E-state index contributed by atoms with van der Waals surface area (Å²) in [6.07, 6.45) is 0. The minimum atomic E-state index is -0.0752. The van der Waals surface area contributed by atoms with E-state index in [0.29, 0.717) is 12.1 Å². The Kier molecular flexibility index (Phi) is 4.99. The van der Waals surface area contributed by atoms with Crippen LogP contribution in [-0.2, 0) is 6.54 Å². The molecule has 0 heterocycles. The van der Waals surface area contributed by atoms with Gasteiger partial charge in [0.05, 0.1) is 6.04 Å². The zero-order valence-corrected chi connectivity index (χ0v) is 13.5. The van der Waals surface area contributed by atoms with Crippen LogP contribution in [0.4, 0.5) is 0 Å². The van der Waals surface area contributed by atoms with Crippen molar-refractivity contribution >= 4 is 5.91 Å². The zero-order chi connectivity index (χ0) is 16.2. The van der Waals surface area contributed by atoms with E-state index in [2.05, 4.69) is 26.1 Å². The molecular weight excluding hydrogens is 272 g/mol. The summed E-state index contributed by atoms with van der Waals surface area (Å²) in [5.41, 5.74) is 8.30. The predicted molar refractivity (Wildman–Crippen MR) is 90.4 cm³/mol. The van der Waals surface area contributed by atoms with Crippen LogP contribution in [-0.4, -0.2) is 5.91 Å². The van der Waals surface area contributed by atoms with Gasteiger partial charge in [-0.1, -0.05) is 63.2 Å². The first-order chi connectivity index (χ1) is 10.4. The predicted octanol–water partition coefficient (Wildman–Crippen LogP) is 3.66. The Bertz CT molecular complexity index is 612. The maximum absolute atomic E-state index is 12.5. The maximum Gasteiger partial charge on any atom is 0.251 e.